The summed E-state index contributed by atoms with van der Waals surface area (Å²) in [4.78, 5) is 11.6. The molecule has 1 fully saturated rings. The summed E-state index contributed by atoms with van der Waals surface area (Å²) in [5.74, 6) is -0.234. The van der Waals surface area contributed by atoms with Crippen molar-refractivity contribution in [3.63, 3.8) is 0 Å². The molecule has 0 spiro atoms. The van der Waals surface area contributed by atoms with Gasteiger partial charge in [0.05, 0.1) is 0 Å². The van der Waals surface area contributed by atoms with Gasteiger partial charge in [0.2, 0.25) is 4.33 Å². The second-order valence-electron chi connectivity index (χ2n) is 3.21. The Bertz CT molecular complexity index is 220. The normalized spacial score (nSPS) is 27.4. The molecule has 1 unspecified atom stereocenters. The molecule has 3 nitrogen and oxygen atoms in total. The van der Waals surface area contributed by atoms with Crippen molar-refractivity contribution in [1.29, 1.82) is 0 Å². The molecule has 1 aliphatic rings. The summed E-state index contributed by atoms with van der Waals surface area (Å²) in [6, 6.07) is 0. The molecule has 0 aromatic rings. The molecule has 1 atom stereocenters. The molecule has 0 saturated carbocycles. The maximum Gasteiger partial charge on any atom is 0.273 e. The smallest absolute Gasteiger partial charge is 0.273 e. The molecule has 0 radical (unpaired) electrons. The number of alkyl halides is 3. The van der Waals surface area contributed by atoms with E-state index < -0.39 is 4.33 Å². The number of hydrogen-bond donors (Lipinski definition) is 0. The Labute approximate surface area is 92.5 Å². The number of amides is 1. The summed E-state index contributed by atoms with van der Waals surface area (Å²) in [5, 5.41) is 3.15. The van der Waals surface area contributed by atoms with Crippen LogP contribution >= 0.6 is 34.8 Å². The molecule has 6 heteroatoms. The van der Waals surface area contributed by atoms with Crippen molar-refractivity contribution in [2.75, 3.05) is 26.5 Å². The lowest BCUT2D eigenvalue weighted by Crippen LogP contribution is -2.41. The number of carbonyl (C=O) groups excluding carboxylic acids is 1. The zero-order valence-corrected chi connectivity index (χ0v) is 9.70. The molecule has 1 saturated heterocycles. The van der Waals surface area contributed by atoms with Crippen molar-refractivity contribution in [2.45, 2.75) is 4.33 Å². The van der Waals surface area contributed by atoms with E-state index in [1.54, 1.807) is 19.1 Å². The van der Waals surface area contributed by atoms with Crippen molar-refractivity contribution in [1.82, 2.24) is 10.0 Å². The van der Waals surface area contributed by atoms with E-state index >= 15 is 0 Å². The highest BCUT2D eigenvalue weighted by molar-refractivity contribution is 6.59. The summed E-state index contributed by atoms with van der Waals surface area (Å²) in [5.41, 5.74) is 0. The standard InChI is InChI=1S/C7H11Cl3N2O/c1-11(2)12-4-5(3-8)7(9,10)6(12)13/h5H,3-4H2,1-2H3. The van der Waals surface area contributed by atoms with Gasteiger partial charge in [0.15, 0.2) is 0 Å². The fourth-order valence-corrected chi connectivity index (χ4v) is 2.22. The van der Waals surface area contributed by atoms with E-state index in [-0.39, 0.29) is 17.7 Å². The third-order valence-electron chi connectivity index (χ3n) is 2.09. The molecule has 1 rings (SSSR count). The molecule has 13 heavy (non-hydrogen) atoms. The van der Waals surface area contributed by atoms with Crippen LogP contribution in [0.3, 0.4) is 0 Å². The van der Waals surface area contributed by atoms with Gasteiger partial charge in [-0.25, -0.2) is 5.01 Å². The minimum Gasteiger partial charge on any atom is -0.273 e. The van der Waals surface area contributed by atoms with E-state index in [2.05, 4.69) is 0 Å². The van der Waals surface area contributed by atoms with Crippen LogP contribution in [0.25, 0.3) is 0 Å². The summed E-state index contributed by atoms with van der Waals surface area (Å²) in [6.45, 7) is 0.475. The number of hydrogen-bond acceptors (Lipinski definition) is 2. The van der Waals surface area contributed by atoms with Crippen molar-refractivity contribution in [3.8, 4) is 0 Å². The first kappa shape index (κ1) is 11.4. The molecular formula is C7H11Cl3N2O. The number of rotatable bonds is 2. The molecule has 0 bridgehead atoms. The van der Waals surface area contributed by atoms with Crippen LogP contribution in [0.2, 0.25) is 0 Å². The highest BCUT2D eigenvalue weighted by Gasteiger charge is 2.52. The Hall–Kier alpha value is 0.300. The van der Waals surface area contributed by atoms with Crippen LogP contribution in [0, 0.1) is 5.92 Å². The summed E-state index contributed by atoms with van der Waals surface area (Å²) in [6.07, 6.45) is 0. The third-order valence-corrected chi connectivity index (χ3v) is 3.41. The Kier molecular flexibility index (Phi) is 3.33. The molecule has 0 aromatic heterocycles. The predicted octanol–water partition coefficient (Wildman–Crippen LogP) is 1.33. The van der Waals surface area contributed by atoms with E-state index in [1.807, 2.05) is 0 Å². The van der Waals surface area contributed by atoms with Crippen LogP contribution in [0.1, 0.15) is 0 Å². The van der Waals surface area contributed by atoms with E-state index in [0.717, 1.165) is 0 Å². The zero-order valence-electron chi connectivity index (χ0n) is 7.43. The van der Waals surface area contributed by atoms with Crippen LogP contribution in [0.5, 0.6) is 0 Å². The first-order valence-electron chi connectivity index (χ1n) is 3.84. The van der Waals surface area contributed by atoms with Gasteiger partial charge in [-0.1, -0.05) is 23.2 Å². The molecule has 0 aromatic carbocycles. The van der Waals surface area contributed by atoms with Gasteiger partial charge in [-0.2, -0.15) is 0 Å². The third kappa shape index (κ3) is 1.89. The minimum atomic E-state index is -1.37. The molecule has 1 heterocycles. The minimum absolute atomic E-state index is 0.215. The number of halogens is 3. The number of nitrogens with zero attached hydrogens (tertiary/aromatic N) is 2. The second-order valence-corrected chi connectivity index (χ2v) is 4.90. The van der Waals surface area contributed by atoms with Crippen LogP contribution in [-0.2, 0) is 4.79 Å². The predicted molar refractivity (Wildman–Crippen MR) is 54.0 cm³/mol. The van der Waals surface area contributed by atoms with Gasteiger partial charge in [0, 0.05) is 32.4 Å². The lowest BCUT2D eigenvalue weighted by atomic mass is 10.1. The fraction of sp³-hybridized carbons (Fsp3) is 0.857. The van der Waals surface area contributed by atoms with Crippen LogP contribution in [-0.4, -0.2) is 46.8 Å². The van der Waals surface area contributed by atoms with Crippen LogP contribution in [0.4, 0.5) is 0 Å². The van der Waals surface area contributed by atoms with Crippen LogP contribution < -0.4 is 0 Å². The molecule has 0 N–H and O–H groups in total. The summed E-state index contributed by atoms with van der Waals surface area (Å²) in [7, 11) is 3.52. The van der Waals surface area contributed by atoms with E-state index in [0.29, 0.717) is 6.54 Å². The number of carbonyl (C=O) groups is 1. The topological polar surface area (TPSA) is 23.6 Å². The van der Waals surface area contributed by atoms with Gasteiger partial charge in [0.25, 0.3) is 5.91 Å². The zero-order chi connectivity index (χ0) is 10.2. The Morgan fingerprint density at radius 1 is 1.62 bits per heavy atom. The van der Waals surface area contributed by atoms with Gasteiger partial charge < -0.3 is 0 Å². The lowest BCUT2D eigenvalue weighted by Gasteiger charge is -2.23. The average molecular weight is 246 g/mol. The SMILES string of the molecule is CN(C)N1CC(CCl)C(Cl)(Cl)C1=O. The van der Waals surface area contributed by atoms with Crippen LogP contribution in [0.15, 0.2) is 0 Å². The number of hydrazine groups is 1. The Morgan fingerprint density at radius 3 is 2.38 bits per heavy atom. The first-order valence-corrected chi connectivity index (χ1v) is 5.13. The van der Waals surface area contributed by atoms with Gasteiger partial charge in [-0.15, -0.1) is 11.6 Å². The molecule has 1 amide bonds. The molecular weight excluding hydrogens is 234 g/mol. The maximum absolute atomic E-state index is 11.6. The highest BCUT2D eigenvalue weighted by atomic mass is 35.5. The van der Waals surface area contributed by atoms with Crippen molar-refractivity contribution in [2.24, 2.45) is 5.92 Å². The quantitative estimate of drug-likeness (QED) is 0.686. The molecule has 0 aliphatic carbocycles. The highest BCUT2D eigenvalue weighted by Crippen LogP contribution is 2.39. The van der Waals surface area contributed by atoms with E-state index in [9.17, 15) is 4.79 Å². The molecule has 76 valence electrons. The monoisotopic (exact) mass is 244 g/mol. The van der Waals surface area contributed by atoms with Gasteiger partial charge >= 0.3 is 0 Å². The van der Waals surface area contributed by atoms with Crippen molar-refractivity contribution in [3.05, 3.63) is 0 Å². The van der Waals surface area contributed by atoms with Crippen molar-refractivity contribution < 1.29 is 4.79 Å². The maximum atomic E-state index is 11.6. The first-order chi connectivity index (χ1) is 5.91. The lowest BCUT2D eigenvalue weighted by molar-refractivity contribution is -0.139. The van der Waals surface area contributed by atoms with Gasteiger partial charge in [0.1, 0.15) is 0 Å². The molecule has 1 aliphatic heterocycles. The Balaban J connectivity index is 2.85. The van der Waals surface area contributed by atoms with E-state index in [4.69, 9.17) is 34.8 Å². The largest absolute Gasteiger partial charge is 0.273 e. The average Bonchev–Trinajstić information content (AvgIpc) is 2.25. The Morgan fingerprint density at radius 2 is 2.15 bits per heavy atom. The summed E-state index contributed by atoms with van der Waals surface area (Å²) >= 11 is 17.4. The fourth-order valence-electron chi connectivity index (χ4n) is 1.24. The van der Waals surface area contributed by atoms with Gasteiger partial charge in [-0.05, 0) is 0 Å². The van der Waals surface area contributed by atoms with Gasteiger partial charge in [-0.3, -0.25) is 9.80 Å². The van der Waals surface area contributed by atoms with Crippen molar-refractivity contribution >= 4 is 40.7 Å². The van der Waals surface area contributed by atoms with E-state index in [1.165, 1.54) is 5.01 Å². The summed E-state index contributed by atoms with van der Waals surface area (Å²) < 4.78 is -1.37. The second kappa shape index (κ2) is 3.81.